The van der Waals surface area contributed by atoms with E-state index in [4.69, 9.17) is 0 Å². The Morgan fingerprint density at radius 2 is 2.25 bits per heavy atom. The van der Waals surface area contributed by atoms with Gasteiger partial charge in [-0.2, -0.15) is 0 Å². The van der Waals surface area contributed by atoms with Gasteiger partial charge in [0.25, 0.3) is 0 Å². The lowest BCUT2D eigenvalue weighted by atomic mass is 10.1. The van der Waals surface area contributed by atoms with E-state index in [1.54, 1.807) is 16.0 Å². The van der Waals surface area contributed by atoms with Crippen LogP contribution in [-0.4, -0.2) is 58.8 Å². The second kappa shape index (κ2) is 5.20. The maximum Gasteiger partial charge on any atom is 0.312 e. The first kappa shape index (κ1) is 13.1. The summed E-state index contributed by atoms with van der Waals surface area (Å²) in [6.45, 7) is 5.07. The number of carbonyl (C=O) groups excluding carboxylic acids is 2. The van der Waals surface area contributed by atoms with E-state index in [0.29, 0.717) is 19.6 Å². The normalized spacial score (nSPS) is 22.9. The fraction of sp³-hybridized carbons (Fsp3) is 0.500. The van der Waals surface area contributed by atoms with Gasteiger partial charge in [0.05, 0.1) is 18.3 Å². The Kier molecular flexibility index (Phi) is 3.40. The minimum absolute atomic E-state index is 0.0815. The van der Waals surface area contributed by atoms with Crippen molar-refractivity contribution in [3.63, 3.8) is 0 Å². The summed E-state index contributed by atoms with van der Waals surface area (Å²) >= 11 is 0. The molecule has 106 valence electrons. The number of aryl methyl sites for hydroxylation is 1. The molecule has 0 radical (unpaired) electrons. The number of rotatable bonds is 2. The van der Waals surface area contributed by atoms with E-state index < -0.39 is 5.91 Å². The van der Waals surface area contributed by atoms with E-state index in [9.17, 15) is 9.59 Å². The molecule has 1 atom stereocenters. The van der Waals surface area contributed by atoms with Crippen molar-refractivity contribution in [3.8, 4) is 0 Å². The number of fused-ring (bicyclic) bond motifs is 1. The molecule has 1 aromatic rings. The number of carbonyl (C=O) groups is 2. The number of aromatic nitrogens is 1. The highest BCUT2D eigenvalue weighted by Crippen LogP contribution is 2.17. The van der Waals surface area contributed by atoms with Gasteiger partial charge in [-0.25, -0.2) is 0 Å². The molecule has 1 aromatic heterocycles. The number of piperazine rings is 2. The zero-order chi connectivity index (χ0) is 14.1. The predicted molar refractivity (Wildman–Crippen MR) is 72.8 cm³/mol. The third kappa shape index (κ3) is 2.27. The summed E-state index contributed by atoms with van der Waals surface area (Å²) in [5.74, 6) is -0.787. The Labute approximate surface area is 117 Å². The molecule has 6 nitrogen and oxygen atoms in total. The first-order valence-corrected chi connectivity index (χ1v) is 6.88. The van der Waals surface area contributed by atoms with E-state index in [-0.39, 0.29) is 11.9 Å². The van der Waals surface area contributed by atoms with Crippen LogP contribution in [0.2, 0.25) is 0 Å². The van der Waals surface area contributed by atoms with Gasteiger partial charge < -0.3 is 15.1 Å². The third-order valence-electron chi connectivity index (χ3n) is 3.97. The van der Waals surface area contributed by atoms with Gasteiger partial charge >= 0.3 is 11.8 Å². The van der Waals surface area contributed by atoms with Crippen LogP contribution in [0.25, 0.3) is 0 Å². The summed E-state index contributed by atoms with van der Waals surface area (Å²) < 4.78 is 0. The maximum absolute atomic E-state index is 12.2. The van der Waals surface area contributed by atoms with Crippen LogP contribution in [0.5, 0.6) is 0 Å². The Balaban J connectivity index is 1.78. The lowest BCUT2D eigenvalue weighted by Crippen LogP contribution is -2.65. The summed E-state index contributed by atoms with van der Waals surface area (Å²) in [6, 6.07) is 3.92. The van der Waals surface area contributed by atoms with Crippen LogP contribution < -0.4 is 5.32 Å². The first-order chi connectivity index (χ1) is 9.66. The fourth-order valence-corrected chi connectivity index (χ4v) is 2.79. The number of nitrogens with one attached hydrogen (secondary N) is 1. The minimum Gasteiger partial charge on any atom is -0.327 e. The predicted octanol–water partition coefficient (Wildman–Crippen LogP) is -0.467. The van der Waals surface area contributed by atoms with Crippen LogP contribution in [0.4, 0.5) is 0 Å². The van der Waals surface area contributed by atoms with Gasteiger partial charge in [-0.05, 0) is 18.6 Å². The van der Waals surface area contributed by atoms with Crippen molar-refractivity contribution < 1.29 is 9.59 Å². The molecular formula is C14H18N4O2. The summed E-state index contributed by atoms with van der Waals surface area (Å²) in [5, 5.41) is 3.27. The van der Waals surface area contributed by atoms with Gasteiger partial charge in [0.1, 0.15) is 0 Å². The van der Waals surface area contributed by atoms with E-state index >= 15 is 0 Å². The topological polar surface area (TPSA) is 65.5 Å². The van der Waals surface area contributed by atoms with Gasteiger partial charge in [0, 0.05) is 32.4 Å². The molecule has 1 unspecified atom stereocenters. The molecule has 1 N–H and O–H groups in total. The van der Waals surface area contributed by atoms with Gasteiger partial charge in [-0.3, -0.25) is 14.6 Å². The smallest absolute Gasteiger partial charge is 0.312 e. The lowest BCUT2D eigenvalue weighted by molar-refractivity contribution is -0.160. The van der Waals surface area contributed by atoms with E-state index in [1.165, 1.54) is 0 Å². The largest absolute Gasteiger partial charge is 0.327 e. The standard InChI is InChI=1S/C14H18N4O2/c1-10-3-2-4-16-12(10)9-17-8-11-7-15-5-6-18(11)14(20)13(17)19/h2-4,11,15H,5-9H2,1H3. The van der Waals surface area contributed by atoms with Gasteiger partial charge in [0.15, 0.2) is 0 Å². The van der Waals surface area contributed by atoms with Crippen LogP contribution in [0.1, 0.15) is 11.3 Å². The number of pyridine rings is 1. The lowest BCUT2D eigenvalue weighted by Gasteiger charge is -2.43. The molecule has 0 bridgehead atoms. The van der Waals surface area contributed by atoms with Gasteiger partial charge in [-0.1, -0.05) is 6.07 Å². The Hall–Kier alpha value is -1.95. The summed E-state index contributed by atoms with van der Waals surface area (Å²) in [4.78, 5) is 31.9. The highest BCUT2D eigenvalue weighted by Gasteiger charge is 2.40. The van der Waals surface area contributed by atoms with Crippen LogP contribution in [0, 0.1) is 6.92 Å². The summed E-state index contributed by atoms with van der Waals surface area (Å²) in [6.07, 6.45) is 1.72. The molecule has 2 aliphatic rings. The molecule has 2 saturated heterocycles. The average Bonchev–Trinajstić information content (AvgIpc) is 2.47. The van der Waals surface area contributed by atoms with Crippen molar-refractivity contribution in [2.24, 2.45) is 0 Å². The van der Waals surface area contributed by atoms with Crippen LogP contribution >= 0.6 is 0 Å². The molecule has 3 rings (SSSR count). The molecule has 0 aromatic carbocycles. The number of amides is 2. The van der Waals surface area contributed by atoms with Gasteiger partial charge in [0.2, 0.25) is 0 Å². The van der Waals surface area contributed by atoms with Crippen molar-refractivity contribution in [2.45, 2.75) is 19.5 Å². The van der Waals surface area contributed by atoms with E-state index in [2.05, 4.69) is 10.3 Å². The van der Waals surface area contributed by atoms with Crippen LogP contribution in [0.3, 0.4) is 0 Å². The van der Waals surface area contributed by atoms with Crippen molar-refractivity contribution in [3.05, 3.63) is 29.6 Å². The molecule has 0 spiro atoms. The van der Waals surface area contributed by atoms with E-state index in [1.807, 2.05) is 19.1 Å². The molecule has 2 fully saturated rings. The van der Waals surface area contributed by atoms with E-state index in [0.717, 1.165) is 24.3 Å². The Morgan fingerprint density at radius 3 is 3.05 bits per heavy atom. The first-order valence-electron chi connectivity index (χ1n) is 6.88. The van der Waals surface area contributed by atoms with Crippen molar-refractivity contribution in [1.29, 1.82) is 0 Å². The second-order valence-electron chi connectivity index (χ2n) is 5.31. The zero-order valence-corrected chi connectivity index (χ0v) is 11.5. The molecular weight excluding hydrogens is 256 g/mol. The maximum atomic E-state index is 12.2. The zero-order valence-electron chi connectivity index (χ0n) is 11.5. The van der Waals surface area contributed by atoms with Crippen molar-refractivity contribution in [1.82, 2.24) is 20.1 Å². The molecule has 0 saturated carbocycles. The Morgan fingerprint density at radius 1 is 1.40 bits per heavy atom. The molecule has 6 heteroatoms. The fourth-order valence-electron chi connectivity index (χ4n) is 2.79. The quantitative estimate of drug-likeness (QED) is 0.741. The Bertz CT molecular complexity index is 546. The number of nitrogens with zero attached hydrogens (tertiary/aromatic N) is 3. The average molecular weight is 274 g/mol. The van der Waals surface area contributed by atoms with Gasteiger partial charge in [-0.15, -0.1) is 0 Å². The molecule has 20 heavy (non-hydrogen) atoms. The van der Waals surface area contributed by atoms with Crippen molar-refractivity contribution in [2.75, 3.05) is 26.2 Å². The second-order valence-corrected chi connectivity index (χ2v) is 5.31. The monoisotopic (exact) mass is 274 g/mol. The molecule has 2 aliphatic heterocycles. The molecule has 2 amide bonds. The highest BCUT2D eigenvalue weighted by atomic mass is 16.2. The number of hydrogen-bond acceptors (Lipinski definition) is 4. The summed E-state index contributed by atoms with van der Waals surface area (Å²) in [7, 11) is 0. The SMILES string of the molecule is Cc1cccnc1CN1CC2CNCCN2C(=O)C1=O. The highest BCUT2D eigenvalue weighted by molar-refractivity contribution is 6.35. The minimum atomic E-state index is -0.409. The number of hydrogen-bond donors (Lipinski definition) is 1. The molecule has 0 aliphatic carbocycles. The van der Waals surface area contributed by atoms with Crippen molar-refractivity contribution >= 4 is 11.8 Å². The van der Waals surface area contributed by atoms with Crippen LogP contribution in [-0.2, 0) is 16.1 Å². The third-order valence-corrected chi connectivity index (χ3v) is 3.97. The van der Waals surface area contributed by atoms with Crippen LogP contribution in [0.15, 0.2) is 18.3 Å². The summed E-state index contributed by atoms with van der Waals surface area (Å²) in [5.41, 5.74) is 1.89. The molecule has 3 heterocycles.